The lowest BCUT2D eigenvalue weighted by molar-refractivity contribution is -0.274. The van der Waals surface area contributed by atoms with Gasteiger partial charge in [0.25, 0.3) is 0 Å². The van der Waals surface area contributed by atoms with Crippen LogP contribution in [-0.2, 0) is 0 Å². The van der Waals surface area contributed by atoms with E-state index in [1.165, 1.54) is 6.07 Å². The normalized spacial score (nSPS) is 11.7. The van der Waals surface area contributed by atoms with Crippen molar-refractivity contribution in [3.8, 4) is 22.9 Å². The van der Waals surface area contributed by atoms with E-state index in [1.807, 2.05) is 26.1 Å². The molecule has 0 saturated carbocycles. The van der Waals surface area contributed by atoms with Gasteiger partial charge in [-0.05, 0) is 44.3 Å². The number of alkyl halides is 3. The summed E-state index contributed by atoms with van der Waals surface area (Å²) in [5, 5.41) is 3.16. The number of rotatable bonds is 6. The van der Waals surface area contributed by atoms with Crippen molar-refractivity contribution in [1.82, 2.24) is 20.3 Å². The van der Waals surface area contributed by atoms with Crippen molar-refractivity contribution in [3.63, 3.8) is 0 Å². The van der Waals surface area contributed by atoms with Gasteiger partial charge in [0.2, 0.25) is 0 Å². The van der Waals surface area contributed by atoms with Crippen LogP contribution in [0.1, 0.15) is 29.0 Å². The molecule has 1 N–H and O–H groups in total. The molecule has 0 spiro atoms. The van der Waals surface area contributed by atoms with Crippen LogP contribution in [0, 0.1) is 0 Å². The summed E-state index contributed by atoms with van der Waals surface area (Å²) in [7, 11) is 3.51. The third-order valence-corrected chi connectivity index (χ3v) is 4.51. The van der Waals surface area contributed by atoms with Crippen LogP contribution in [0.15, 0.2) is 53.4 Å². The average Bonchev–Trinajstić information content (AvgIpc) is 2.77. The van der Waals surface area contributed by atoms with Gasteiger partial charge in [0.1, 0.15) is 23.5 Å². The zero-order valence-electron chi connectivity index (χ0n) is 17.4. The van der Waals surface area contributed by atoms with Gasteiger partial charge in [0.05, 0.1) is 24.7 Å². The maximum absolute atomic E-state index is 11.8. The molecule has 1 atom stereocenters. The summed E-state index contributed by atoms with van der Waals surface area (Å²) in [5.41, 5.74) is 2.58. The first-order valence-corrected chi connectivity index (χ1v) is 9.96. The van der Waals surface area contributed by atoms with Crippen molar-refractivity contribution in [1.29, 1.82) is 0 Å². The van der Waals surface area contributed by atoms with Gasteiger partial charge in [0.15, 0.2) is 0 Å². The minimum Gasteiger partial charge on any atom is -0.495 e. The van der Waals surface area contributed by atoms with Crippen LogP contribution in [0.25, 0.3) is 11.4 Å². The van der Waals surface area contributed by atoms with Crippen molar-refractivity contribution in [3.05, 3.63) is 64.7 Å². The Kier molecular flexibility index (Phi) is 9.09. The molecule has 11 heteroatoms. The first kappa shape index (κ1) is 25.2. The molecule has 2 heterocycles. The zero-order chi connectivity index (χ0) is 23.7. The second kappa shape index (κ2) is 11.5. The predicted molar refractivity (Wildman–Crippen MR) is 116 cm³/mol. The van der Waals surface area contributed by atoms with E-state index in [4.69, 9.17) is 4.74 Å². The number of hydrogen-bond acceptors (Lipinski definition) is 7. The lowest BCUT2D eigenvalue weighted by Gasteiger charge is -2.13. The number of aromatic nitrogens is 3. The zero-order valence-corrected chi connectivity index (χ0v) is 18.9. The summed E-state index contributed by atoms with van der Waals surface area (Å²) < 4.78 is 44.4. The van der Waals surface area contributed by atoms with Crippen LogP contribution in [0.3, 0.4) is 0 Å². The standard InChI is InChI=1S/C13H16N4O.C8H4BrF3O2/c1-9(14-2)12-13(16-7-6-15-12)11-5-4-10(18-3)8-17-11;9-6-1-5(4-13)2-7(3-6)14-8(10,11)12/h4-9,14H,1-3H3;1-4H. The molecule has 3 aromatic rings. The molecule has 0 aliphatic rings. The van der Waals surface area contributed by atoms with Crippen LogP contribution in [0.5, 0.6) is 11.5 Å². The van der Waals surface area contributed by atoms with E-state index < -0.39 is 12.1 Å². The summed E-state index contributed by atoms with van der Waals surface area (Å²) in [5.74, 6) is 0.305. The molecule has 1 aromatic carbocycles. The Morgan fingerprint density at radius 3 is 2.38 bits per heavy atom. The van der Waals surface area contributed by atoms with Crippen molar-refractivity contribution in [2.24, 2.45) is 0 Å². The molecule has 0 radical (unpaired) electrons. The largest absolute Gasteiger partial charge is 0.573 e. The van der Waals surface area contributed by atoms with E-state index in [0.29, 0.717) is 10.8 Å². The first-order chi connectivity index (χ1) is 15.2. The Balaban J connectivity index is 0.000000235. The third kappa shape index (κ3) is 7.57. The van der Waals surface area contributed by atoms with Crippen molar-refractivity contribution >= 4 is 22.2 Å². The summed E-state index contributed by atoms with van der Waals surface area (Å²) in [6, 6.07) is 7.39. The number of nitrogens with zero attached hydrogens (tertiary/aromatic N) is 3. The van der Waals surface area contributed by atoms with Gasteiger partial charge < -0.3 is 14.8 Å². The number of pyridine rings is 1. The van der Waals surface area contributed by atoms with Gasteiger partial charge in [0, 0.05) is 28.5 Å². The number of carbonyl (C=O) groups excluding carboxylic acids is 1. The van der Waals surface area contributed by atoms with E-state index in [9.17, 15) is 18.0 Å². The Morgan fingerprint density at radius 2 is 1.81 bits per heavy atom. The van der Waals surface area contributed by atoms with Crippen LogP contribution < -0.4 is 14.8 Å². The highest BCUT2D eigenvalue weighted by molar-refractivity contribution is 9.10. The predicted octanol–water partition coefficient (Wildman–Crippen LogP) is 4.99. The highest BCUT2D eigenvalue weighted by Crippen LogP contribution is 2.27. The quantitative estimate of drug-likeness (QED) is 0.465. The third-order valence-electron chi connectivity index (χ3n) is 4.05. The van der Waals surface area contributed by atoms with Crippen LogP contribution >= 0.6 is 15.9 Å². The van der Waals surface area contributed by atoms with Crippen LogP contribution in [-0.4, -0.2) is 41.8 Å². The van der Waals surface area contributed by atoms with E-state index in [2.05, 4.69) is 40.9 Å². The molecule has 0 aliphatic heterocycles. The fourth-order valence-corrected chi connectivity index (χ4v) is 2.98. The highest BCUT2D eigenvalue weighted by Gasteiger charge is 2.31. The molecule has 0 fully saturated rings. The second-order valence-electron chi connectivity index (χ2n) is 6.27. The molecule has 3 rings (SSSR count). The minimum atomic E-state index is -4.75. The summed E-state index contributed by atoms with van der Waals surface area (Å²) in [4.78, 5) is 23.4. The van der Waals surface area contributed by atoms with Crippen LogP contribution in [0.4, 0.5) is 13.2 Å². The Bertz CT molecular complexity index is 1030. The second-order valence-corrected chi connectivity index (χ2v) is 7.19. The summed E-state index contributed by atoms with van der Waals surface area (Å²) >= 11 is 2.96. The molecule has 0 aliphatic carbocycles. The number of ether oxygens (including phenoxy) is 2. The topological polar surface area (TPSA) is 86.2 Å². The van der Waals surface area contributed by atoms with Gasteiger partial charge >= 0.3 is 6.36 Å². The molecular formula is C21H20BrF3N4O3. The van der Waals surface area contributed by atoms with Gasteiger partial charge in [-0.1, -0.05) is 15.9 Å². The number of halogens is 4. The van der Waals surface area contributed by atoms with Gasteiger partial charge in [-0.2, -0.15) is 0 Å². The van der Waals surface area contributed by atoms with E-state index in [0.717, 1.165) is 35.0 Å². The smallest absolute Gasteiger partial charge is 0.495 e. The monoisotopic (exact) mass is 512 g/mol. The Labute approximate surface area is 191 Å². The molecule has 32 heavy (non-hydrogen) atoms. The molecule has 2 aromatic heterocycles. The van der Waals surface area contributed by atoms with Crippen LogP contribution in [0.2, 0.25) is 0 Å². The molecule has 1 unspecified atom stereocenters. The molecule has 0 bridgehead atoms. The SMILES string of the molecule is CNC(C)c1nccnc1-c1ccc(OC)cn1.O=Cc1cc(Br)cc(OC(F)(F)F)c1. The van der Waals surface area contributed by atoms with Gasteiger partial charge in [-0.15, -0.1) is 13.2 Å². The fourth-order valence-electron chi connectivity index (χ4n) is 2.49. The number of aldehydes is 1. The van der Waals surface area contributed by atoms with Crippen molar-refractivity contribution < 1.29 is 27.4 Å². The molecule has 0 saturated heterocycles. The average molecular weight is 513 g/mol. The Hall–Kier alpha value is -3.05. The highest BCUT2D eigenvalue weighted by atomic mass is 79.9. The molecule has 170 valence electrons. The maximum atomic E-state index is 11.8. The maximum Gasteiger partial charge on any atom is 0.573 e. The van der Waals surface area contributed by atoms with Gasteiger partial charge in [-0.25, -0.2) is 0 Å². The lowest BCUT2D eigenvalue weighted by atomic mass is 10.1. The van der Waals surface area contributed by atoms with E-state index in [1.54, 1.807) is 25.7 Å². The Morgan fingerprint density at radius 1 is 1.09 bits per heavy atom. The number of nitrogens with one attached hydrogen (secondary N) is 1. The number of carbonyl (C=O) groups is 1. The number of benzene rings is 1. The minimum absolute atomic E-state index is 0.110. The first-order valence-electron chi connectivity index (χ1n) is 9.17. The lowest BCUT2D eigenvalue weighted by Crippen LogP contribution is -2.17. The molecular weight excluding hydrogens is 493 g/mol. The molecule has 7 nitrogen and oxygen atoms in total. The summed E-state index contributed by atoms with van der Waals surface area (Å²) in [6.45, 7) is 2.04. The molecule has 0 amide bonds. The van der Waals surface area contributed by atoms with Crippen molar-refractivity contribution in [2.45, 2.75) is 19.3 Å². The van der Waals surface area contributed by atoms with Gasteiger partial charge in [-0.3, -0.25) is 19.7 Å². The van der Waals surface area contributed by atoms with E-state index in [-0.39, 0.29) is 11.6 Å². The fraction of sp³-hybridized carbons (Fsp3) is 0.238. The summed E-state index contributed by atoms with van der Waals surface area (Å²) in [6.07, 6.45) is 0.732. The number of hydrogen-bond donors (Lipinski definition) is 1. The van der Waals surface area contributed by atoms with Crippen molar-refractivity contribution in [2.75, 3.05) is 14.2 Å². The van der Waals surface area contributed by atoms with E-state index >= 15 is 0 Å². The number of methoxy groups -OCH3 is 1.